The molecule has 0 aliphatic heterocycles. The van der Waals surface area contributed by atoms with Crippen molar-refractivity contribution in [3.8, 4) is 6.07 Å². The highest BCUT2D eigenvalue weighted by atomic mass is 35.5. The van der Waals surface area contributed by atoms with E-state index in [9.17, 15) is 4.39 Å². The summed E-state index contributed by atoms with van der Waals surface area (Å²) in [4.78, 5) is 1.10. The molecule has 98 valence electrons. The van der Waals surface area contributed by atoms with Gasteiger partial charge >= 0.3 is 0 Å². The van der Waals surface area contributed by atoms with E-state index in [1.54, 1.807) is 12.1 Å². The monoisotopic (exact) mass is 294 g/mol. The van der Waals surface area contributed by atoms with Crippen LogP contribution < -0.4 is 5.32 Å². The molecule has 0 spiro atoms. The molecule has 0 saturated heterocycles. The molecule has 0 bridgehead atoms. The van der Waals surface area contributed by atoms with E-state index in [0.717, 1.165) is 9.21 Å². The van der Waals surface area contributed by atoms with E-state index in [2.05, 4.69) is 5.32 Å². The van der Waals surface area contributed by atoms with Gasteiger partial charge in [0.25, 0.3) is 0 Å². The van der Waals surface area contributed by atoms with Crippen LogP contribution in [0.15, 0.2) is 30.3 Å². The lowest BCUT2D eigenvalue weighted by atomic mass is 10.1. The lowest BCUT2D eigenvalue weighted by Crippen LogP contribution is -2.18. The molecule has 2 nitrogen and oxygen atoms in total. The minimum absolute atomic E-state index is 0.0751. The molecule has 1 aromatic heterocycles. The Balaban J connectivity index is 2.05. The number of thiophene rings is 1. The summed E-state index contributed by atoms with van der Waals surface area (Å²) in [5.74, 6) is -0.450. The molecule has 0 radical (unpaired) electrons. The minimum atomic E-state index is -0.450. The molecular weight excluding hydrogens is 283 g/mol. The smallest absolute Gasteiger partial charge is 0.145 e. The third-order valence-corrected chi connectivity index (χ3v) is 4.23. The third-order valence-electron chi connectivity index (χ3n) is 2.82. The molecule has 5 heteroatoms. The molecule has 0 fully saturated rings. The molecular formula is C14H12ClFN2S. The van der Waals surface area contributed by atoms with Gasteiger partial charge in [0.05, 0.1) is 9.90 Å². The minimum Gasteiger partial charge on any atom is -0.305 e. The van der Waals surface area contributed by atoms with Crippen molar-refractivity contribution in [3.05, 3.63) is 56.5 Å². The van der Waals surface area contributed by atoms with Crippen LogP contribution in [0, 0.1) is 17.1 Å². The summed E-state index contributed by atoms with van der Waals surface area (Å²) in [6, 6.07) is 10.6. The Morgan fingerprint density at radius 2 is 2.21 bits per heavy atom. The predicted octanol–water partition coefficient (Wildman–Crippen LogP) is 4.26. The highest BCUT2D eigenvalue weighted by Crippen LogP contribution is 2.27. The molecule has 0 aliphatic carbocycles. The van der Waals surface area contributed by atoms with Crippen molar-refractivity contribution in [2.24, 2.45) is 0 Å². The molecule has 1 N–H and O–H groups in total. The van der Waals surface area contributed by atoms with E-state index in [0.29, 0.717) is 12.1 Å². The maximum Gasteiger partial charge on any atom is 0.145 e. The van der Waals surface area contributed by atoms with E-state index in [-0.39, 0.29) is 11.6 Å². The maximum atomic E-state index is 13.8. The Labute approximate surface area is 120 Å². The van der Waals surface area contributed by atoms with Gasteiger partial charge in [0.1, 0.15) is 11.9 Å². The second kappa shape index (κ2) is 6.16. The number of nitriles is 1. The highest BCUT2D eigenvalue weighted by Gasteiger charge is 2.11. The molecule has 2 rings (SSSR count). The van der Waals surface area contributed by atoms with E-state index in [1.165, 1.54) is 17.4 Å². The number of nitrogens with zero attached hydrogens (tertiary/aromatic N) is 1. The quantitative estimate of drug-likeness (QED) is 0.914. The second-order valence-corrected chi connectivity index (χ2v) is 5.88. The average Bonchev–Trinajstić information content (AvgIpc) is 2.84. The van der Waals surface area contributed by atoms with Gasteiger partial charge in [0, 0.05) is 23.0 Å². The van der Waals surface area contributed by atoms with Gasteiger partial charge in [0.2, 0.25) is 0 Å². The summed E-state index contributed by atoms with van der Waals surface area (Å²) >= 11 is 7.38. The largest absolute Gasteiger partial charge is 0.305 e. The van der Waals surface area contributed by atoms with Crippen molar-refractivity contribution >= 4 is 22.9 Å². The first-order valence-corrected chi connectivity index (χ1v) is 6.97. The number of rotatable bonds is 4. The van der Waals surface area contributed by atoms with Crippen LogP contribution in [0.5, 0.6) is 0 Å². The van der Waals surface area contributed by atoms with E-state index < -0.39 is 5.82 Å². The Bertz CT molecular complexity index is 618. The Morgan fingerprint density at radius 3 is 2.84 bits per heavy atom. The van der Waals surface area contributed by atoms with E-state index in [4.69, 9.17) is 16.9 Å². The molecule has 0 amide bonds. The first-order valence-electron chi connectivity index (χ1n) is 5.78. The predicted molar refractivity (Wildman–Crippen MR) is 75.7 cm³/mol. The van der Waals surface area contributed by atoms with Crippen LogP contribution >= 0.6 is 22.9 Å². The van der Waals surface area contributed by atoms with Gasteiger partial charge in [-0.05, 0) is 25.1 Å². The summed E-state index contributed by atoms with van der Waals surface area (Å²) in [5, 5.41) is 12.0. The fourth-order valence-corrected chi connectivity index (χ4v) is 2.82. The van der Waals surface area contributed by atoms with E-state index >= 15 is 0 Å². The Hall–Kier alpha value is -1.41. The van der Waals surface area contributed by atoms with Crippen LogP contribution in [-0.2, 0) is 6.54 Å². The third kappa shape index (κ3) is 3.32. The van der Waals surface area contributed by atoms with Gasteiger partial charge in [-0.15, -0.1) is 11.3 Å². The summed E-state index contributed by atoms with van der Waals surface area (Å²) < 4.78 is 14.6. The first kappa shape index (κ1) is 14.0. The fourth-order valence-electron chi connectivity index (χ4n) is 1.73. The Kier molecular flexibility index (Phi) is 4.54. The summed E-state index contributed by atoms with van der Waals surface area (Å²) in [6.07, 6.45) is 0. The summed E-state index contributed by atoms with van der Waals surface area (Å²) in [7, 11) is 0. The standard InChI is InChI=1S/C14H12ClFN2S/c1-9(12-5-6-13(15)19-12)18-8-11-4-2-3-10(7-17)14(11)16/h2-6,9,18H,8H2,1H3. The van der Waals surface area contributed by atoms with Crippen LogP contribution in [0.3, 0.4) is 0 Å². The number of benzene rings is 1. The van der Waals surface area contributed by atoms with Crippen LogP contribution in [-0.4, -0.2) is 0 Å². The molecule has 19 heavy (non-hydrogen) atoms. The van der Waals surface area contributed by atoms with Crippen molar-refractivity contribution in [1.82, 2.24) is 5.32 Å². The molecule has 1 atom stereocenters. The van der Waals surface area contributed by atoms with Crippen molar-refractivity contribution in [2.75, 3.05) is 0 Å². The lowest BCUT2D eigenvalue weighted by molar-refractivity contribution is 0.547. The van der Waals surface area contributed by atoms with Gasteiger partial charge < -0.3 is 5.32 Å². The van der Waals surface area contributed by atoms with Crippen LogP contribution in [0.25, 0.3) is 0 Å². The molecule has 0 saturated carbocycles. The zero-order chi connectivity index (χ0) is 13.8. The first-order chi connectivity index (χ1) is 9.11. The number of halogens is 2. The topological polar surface area (TPSA) is 35.8 Å². The van der Waals surface area contributed by atoms with Crippen LogP contribution in [0.2, 0.25) is 4.34 Å². The van der Waals surface area contributed by atoms with Crippen LogP contribution in [0.4, 0.5) is 4.39 Å². The molecule has 1 aromatic carbocycles. The normalized spacial score (nSPS) is 12.1. The highest BCUT2D eigenvalue weighted by molar-refractivity contribution is 7.16. The zero-order valence-corrected chi connectivity index (χ0v) is 11.9. The average molecular weight is 295 g/mol. The zero-order valence-electron chi connectivity index (χ0n) is 10.3. The van der Waals surface area contributed by atoms with Gasteiger partial charge in [-0.1, -0.05) is 23.7 Å². The van der Waals surface area contributed by atoms with Gasteiger partial charge in [-0.2, -0.15) is 5.26 Å². The molecule has 1 heterocycles. The second-order valence-electron chi connectivity index (χ2n) is 4.13. The number of hydrogen-bond acceptors (Lipinski definition) is 3. The van der Waals surface area contributed by atoms with Crippen LogP contribution in [0.1, 0.15) is 29.0 Å². The van der Waals surface area contributed by atoms with E-state index in [1.807, 2.05) is 25.1 Å². The maximum absolute atomic E-state index is 13.8. The number of nitrogens with one attached hydrogen (secondary N) is 1. The van der Waals surface area contributed by atoms with Gasteiger partial charge in [0.15, 0.2) is 0 Å². The van der Waals surface area contributed by atoms with Crippen molar-refractivity contribution in [1.29, 1.82) is 5.26 Å². The molecule has 0 aliphatic rings. The van der Waals surface area contributed by atoms with Crippen molar-refractivity contribution in [3.63, 3.8) is 0 Å². The molecule has 1 unspecified atom stereocenters. The van der Waals surface area contributed by atoms with Gasteiger partial charge in [-0.3, -0.25) is 0 Å². The Morgan fingerprint density at radius 1 is 1.42 bits per heavy atom. The van der Waals surface area contributed by atoms with Crippen molar-refractivity contribution in [2.45, 2.75) is 19.5 Å². The fraction of sp³-hybridized carbons (Fsp3) is 0.214. The molecule has 2 aromatic rings. The summed E-state index contributed by atoms with van der Waals surface area (Å²) in [6.45, 7) is 2.37. The van der Waals surface area contributed by atoms with Gasteiger partial charge in [-0.25, -0.2) is 4.39 Å². The number of hydrogen-bond donors (Lipinski definition) is 1. The summed E-state index contributed by atoms with van der Waals surface area (Å²) in [5.41, 5.74) is 0.569. The lowest BCUT2D eigenvalue weighted by Gasteiger charge is -2.12. The van der Waals surface area contributed by atoms with Crippen molar-refractivity contribution < 1.29 is 4.39 Å². The SMILES string of the molecule is CC(NCc1cccc(C#N)c1F)c1ccc(Cl)s1.